The molecule has 4 heteroatoms. The summed E-state index contributed by atoms with van der Waals surface area (Å²) in [6.07, 6.45) is 8.65. The molecule has 0 bridgehead atoms. The Labute approximate surface area is 96.8 Å². The van der Waals surface area contributed by atoms with E-state index in [-0.39, 0.29) is 0 Å². The predicted molar refractivity (Wildman–Crippen MR) is 63.1 cm³/mol. The van der Waals surface area contributed by atoms with Crippen molar-refractivity contribution in [2.45, 2.75) is 44.8 Å². The van der Waals surface area contributed by atoms with Gasteiger partial charge >= 0.3 is 0 Å². The minimum Gasteiger partial charge on any atom is -0.378 e. The van der Waals surface area contributed by atoms with Crippen LogP contribution in [0.3, 0.4) is 0 Å². The normalized spacial score (nSPS) is 17.0. The molecule has 0 saturated heterocycles. The summed E-state index contributed by atoms with van der Waals surface area (Å²) in [6, 6.07) is 1.99. The van der Waals surface area contributed by atoms with E-state index >= 15 is 0 Å². The molecule has 2 rings (SSSR count). The number of hydrogen-bond acceptors (Lipinski definition) is 3. The molecule has 1 aliphatic rings. The molecule has 1 fully saturated rings. The van der Waals surface area contributed by atoms with Gasteiger partial charge in [-0.15, -0.1) is 0 Å². The molecule has 1 saturated carbocycles. The number of H-pyrrole nitrogens is 1. The van der Waals surface area contributed by atoms with Gasteiger partial charge in [-0.2, -0.15) is 5.10 Å². The number of rotatable bonds is 7. The van der Waals surface area contributed by atoms with Crippen LogP contribution < -0.4 is 5.32 Å². The number of ether oxygens (including phenoxy) is 1. The Bertz CT molecular complexity index is 268. The molecule has 0 unspecified atom stereocenters. The van der Waals surface area contributed by atoms with Crippen LogP contribution in [-0.2, 0) is 11.3 Å². The van der Waals surface area contributed by atoms with Crippen molar-refractivity contribution in [3.8, 4) is 0 Å². The average Bonchev–Trinajstić information content (AvgIpc) is 2.96. The lowest BCUT2D eigenvalue weighted by Crippen LogP contribution is -2.18. The number of aromatic amines is 1. The van der Waals surface area contributed by atoms with E-state index in [2.05, 4.69) is 15.5 Å². The summed E-state index contributed by atoms with van der Waals surface area (Å²) in [5.74, 6) is 0. The standard InChI is InChI=1S/C12H21N3O/c1-2-5-12(4-1)16-9-3-7-13-10-11-6-8-14-15-11/h6,8,12-13H,1-5,7,9-10H2,(H,14,15). The fraction of sp³-hybridized carbons (Fsp3) is 0.750. The van der Waals surface area contributed by atoms with E-state index in [1.165, 1.54) is 25.7 Å². The summed E-state index contributed by atoms with van der Waals surface area (Å²) in [4.78, 5) is 0. The van der Waals surface area contributed by atoms with Gasteiger partial charge in [-0.1, -0.05) is 12.8 Å². The van der Waals surface area contributed by atoms with Gasteiger partial charge in [0.1, 0.15) is 0 Å². The molecule has 90 valence electrons. The second-order valence-electron chi connectivity index (χ2n) is 4.39. The van der Waals surface area contributed by atoms with E-state index in [0.29, 0.717) is 6.10 Å². The van der Waals surface area contributed by atoms with Crippen LogP contribution in [0.5, 0.6) is 0 Å². The molecule has 1 aromatic rings. The van der Waals surface area contributed by atoms with E-state index in [0.717, 1.165) is 31.8 Å². The van der Waals surface area contributed by atoms with Crippen molar-refractivity contribution in [3.63, 3.8) is 0 Å². The number of nitrogens with zero attached hydrogens (tertiary/aromatic N) is 1. The van der Waals surface area contributed by atoms with Crippen LogP contribution in [0.15, 0.2) is 12.3 Å². The molecule has 4 nitrogen and oxygen atoms in total. The second kappa shape index (κ2) is 6.66. The van der Waals surface area contributed by atoms with E-state index in [1.54, 1.807) is 6.20 Å². The Balaban J connectivity index is 1.43. The van der Waals surface area contributed by atoms with Gasteiger partial charge in [-0.3, -0.25) is 5.10 Å². The topological polar surface area (TPSA) is 49.9 Å². The zero-order chi connectivity index (χ0) is 11.1. The summed E-state index contributed by atoms with van der Waals surface area (Å²) < 4.78 is 5.78. The highest BCUT2D eigenvalue weighted by Crippen LogP contribution is 2.20. The third-order valence-electron chi connectivity index (χ3n) is 3.03. The molecule has 0 atom stereocenters. The van der Waals surface area contributed by atoms with Crippen LogP contribution in [0.1, 0.15) is 37.8 Å². The first-order valence-corrected chi connectivity index (χ1v) is 6.26. The van der Waals surface area contributed by atoms with Crippen LogP contribution in [0.2, 0.25) is 0 Å². The Morgan fingerprint density at radius 3 is 3.06 bits per heavy atom. The fourth-order valence-corrected chi connectivity index (χ4v) is 2.11. The molecule has 2 N–H and O–H groups in total. The van der Waals surface area contributed by atoms with Crippen LogP contribution in [0, 0.1) is 0 Å². The molecule has 0 aliphatic heterocycles. The lowest BCUT2D eigenvalue weighted by molar-refractivity contribution is 0.0568. The van der Waals surface area contributed by atoms with Gasteiger partial charge in [0.05, 0.1) is 6.10 Å². The maximum atomic E-state index is 5.78. The van der Waals surface area contributed by atoms with Crippen molar-refractivity contribution in [1.29, 1.82) is 0 Å². The van der Waals surface area contributed by atoms with E-state index in [9.17, 15) is 0 Å². The summed E-state index contributed by atoms with van der Waals surface area (Å²) >= 11 is 0. The molecule has 0 amide bonds. The first-order valence-electron chi connectivity index (χ1n) is 6.26. The zero-order valence-electron chi connectivity index (χ0n) is 9.74. The van der Waals surface area contributed by atoms with E-state index < -0.39 is 0 Å². The molecule has 16 heavy (non-hydrogen) atoms. The Morgan fingerprint density at radius 2 is 2.31 bits per heavy atom. The fourth-order valence-electron chi connectivity index (χ4n) is 2.11. The minimum atomic E-state index is 0.549. The van der Waals surface area contributed by atoms with Crippen LogP contribution in [0.25, 0.3) is 0 Å². The molecular formula is C12H21N3O. The van der Waals surface area contributed by atoms with Gasteiger partial charge < -0.3 is 10.1 Å². The van der Waals surface area contributed by atoms with Crippen molar-refractivity contribution in [2.75, 3.05) is 13.2 Å². The first-order chi connectivity index (χ1) is 7.95. The molecular weight excluding hydrogens is 202 g/mol. The van der Waals surface area contributed by atoms with Crippen molar-refractivity contribution >= 4 is 0 Å². The number of aromatic nitrogens is 2. The van der Waals surface area contributed by atoms with Gasteiger partial charge in [-0.05, 0) is 31.9 Å². The van der Waals surface area contributed by atoms with Gasteiger partial charge in [0, 0.05) is 25.0 Å². The minimum absolute atomic E-state index is 0.549. The van der Waals surface area contributed by atoms with Gasteiger partial charge in [0.15, 0.2) is 0 Å². The first kappa shape index (κ1) is 11.6. The SMILES string of the molecule is c1cc(CNCCCOC2CCCC2)[nH]n1. The Kier molecular flexibility index (Phi) is 4.83. The molecule has 0 spiro atoms. The molecule has 1 heterocycles. The summed E-state index contributed by atoms with van der Waals surface area (Å²) in [6.45, 7) is 2.76. The quantitative estimate of drug-likeness (QED) is 0.694. The summed E-state index contributed by atoms with van der Waals surface area (Å²) in [5.41, 5.74) is 1.14. The summed E-state index contributed by atoms with van der Waals surface area (Å²) in [7, 11) is 0. The smallest absolute Gasteiger partial charge is 0.0575 e. The molecule has 1 aromatic heterocycles. The summed E-state index contributed by atoms with van der Waals surface area (Å²) in [5, 5.41) is 10.2. The highest BCUT2D eigenvalue weighted by atomic mass is 16.5. The average molecular weight is 223 g/mol. The van der Waals surface area contributed by atoms with Crippen molar-refractivity contribution in [2.24, 2.45) is 0 Å². The number of nitrogens with one attached hydrogen (secondary N) is 2. The van der Waals surface area contributed by atoms with Crippen molar-refractivity contribution in [3.05, 3.63) is 18.0 Å². The highest BCUT2D eigenvalue weighted by molar-refractivity contribution is 4.96. The molecule has 0 aromatic carbocycles. The Morgan fingerprint density at radius 1 is 1.44 bits per heavy atom. The van der Waals surface area contributed by atoms with E-state index in [1.807, 2.05) is 6.07 Å². The Hall–Kier alpha value is -0.870. The van der Waals surface area contributed by atoms with E-state index in [4.69, 9.17) is 4.74 Å². The maximum Gasteiger partial charge on any atom is 0.0575 e. The maximum absolute atomic E-state index is 5.78. The van der Waals surface area contributed by atoms with Gasteiger partial charge in [0.2, 0.25) is 0 Å². The number of hydrogen-bond donors (Lipinski definition) is 2. The monoisotopic (exact) mass is 223 g/mol. The van der Waals surface area contributed by atoms with Crippen molar-refractivity contribution < 1.29 is 4.74 Å². The molecule has 1 aliphatic carbocycles. The third kappa shape index (κ3) is 3.94. The van der Waals surface area contributed by atoms with Crippen LogP contribution in [-0.4, -0.2) is 29.5 Å². The zero-order valence-corrected chi connectivity index (χ0v) is 9.74. The predicted octanol–water partition coefficient (Wildman–Crippen LogP) is 1.85. The second-order valence-corrected chi connectivity index (χ2v) is 4.39. The van der Waals surface area contributed by atoms with Crippen molar-refractivity contribution in [1.82, 2.24) is 15.5 Å². The third-order valence-corrected chi connectivity index (χ3v) is 3.03. The van der Waals surface area contributed by atoms with Gasteiger partial charge in [0.25, 0.3) is 0 Å². The lowest BCUT2D eigenvalue weighted by Gasteiger charge is -2.10. The van der Waals surface area contributed by atoms with Gasteiger partial charge in [-0.25, -0.2) is 0 Å². The lowest BCUT2D eigenvalue weighted by atomic mass is 10.3. The van der Waals surface area contributed by atoms with Crippen LogP contribution in [0.4, 0.5) is 0 Å². The highest BCUT2D eigenvalue weighted by Gasteiger charge is 2.14. The van der Waals surface area contributed by atoms with Crippen LogP contribution >= 0.6 is 0 Å². The molecule has 0 radical (unpaired) electrons. The largest absolute Gasteiger partial charge is 0.378 e.